The quantitative estimate of drug-likeness (QED) is 0.641. The van der Waals surface area contributed by atoms with Gasteiger partial charge in [-0.2, -0.15) is 5.10 Å². The van der Waals surface area contributed by atoms with Crippen LogP contribution in [0.15, 0.2) is 47.1 Å². The van der Waals surface area contributed by atoms with Gasteiger partial charge in [-0.1, -0.05) is 41.9 Å². The van der Waals surface area contributed by atoms with Crippen LogP contribution in [0, 0.1) is 0 Å². The predicted octanol–water partition coefficient (Wildman–Crippen LogP) is 4.68. The molecule has 4 nitrogen and oxygen atoms in total. The number of nitrogens with one attached hydrogen (secondary N) is 1. The Morgan fingerprint density at radius 2 is 2.13 bits per heavy atom. The first-order valence-corrected chi connectivity index (χ1v) is 9.07. The van der Waals surface area contributed by atoms with Crippen LogP contribution < -0.4 is 11.1 Å². The first kappa shape index (κ1) is 16.5. The lowest BCUT2D eigenvalue weighted by Crippen LogP contribution is -2.19. The second kappa shape index (κ2) is 7.05. The molecular formula is C16H16BrClN4S. The van der Waals surface area contributed by atoms with E-state index in [1.165, 1.54) is 11.3 Å². The third kappa shape index (κ3) is 3.45. The molecule has 3 N–H and O–H groups in total. The number of aromatic nitrogens is 2. The van der Waals surface area contributed by atoms with Crippen molar-refractivity contribution in [3.8, 4) is 11.3 Å². The molecule has 0 aliphatic carbocycles. The fourth-order valence-corrected chi connectivity index (χ4v) is 4.24. The molecule has 120 valence electrons. The van der Waals surface area contributed by atoms with E-state index in [0.29, 0.717) is 6.54 Å². The van der Waals surface area contributed by atoms with Gasteiger partial charge in [-0.25, -0.2) is 0 Å². The van der Waals surface area contributed by atoms with E-state index in [4.69, 9.17) is 17.3 Å². The summed E-state index contributed by atoms with van der Waals surface area (Å²) in [5.41, 5.74) is 9.00. The molecule has 0 fully saturated rings. The molecular weight excluding hydrogens is 396 g/mol. The number of thiophene rings is 1. The third-order valence-corrected chi connectivity index (χ3v) is 5.46. The molecule has 0 bridgehead atoms. The number of benzene rings is 1. The van der Waals surface area contributed by atoms with Crippen LogP contribution >= 0.6 is 38.9 Å². The molecule has 7 heteroatoms. The van der Waals surface area contributed by atoms with Crippen molar-refractivity contribution in [2.45, 2.75) is 6.04 Å². The molecule has 3 rings (SSSR count). The van der Waals surface area contributed by atoms with Crippen LogP contribution in [0.5, 0.6) is 0 Å². The van der Waals surface area contributed by atoms with Crippen molar-refractivity contribution < 1.29 is 0 Å². The fraction of sp³-hybridized carbons (Fsp3) is 0.188. The zero-order chi connectivity index (χ0) is 16.4. The Kier molecular flexibility index (Phi) is 5.06. The van der Waals surface area contributed by atoms with E-state index in [0.717, 1.165) is 30.6 Å². The van der Waals surface area contributed by atoms with Gasteiger partial charge < -0.3 is 11.1 Å². The lowest BCUT2D eigenvalue weighted by molar-refractivity contribution is 0.776. The molecule has 1 aromatic carbocycles. The Labute approximate surface area is 152 Å². The summed E-state index contributed by atoms with van der Waals surface area (Å²) in [6, 6.07) is 12.3. The van der Waals surface area contributed by atoms with E-state index in [1.807, 2.05) is 31.3 Å². The van der Waals surface area contributed by atoms with Crippen molar-refractivity contribution in [1.29, 1.82) is 0 Å². The van der Waals surface area contributed by atoms with E-state index in [2.05, 4.69) is 38.5 Å². The molecule has 0 aliphatic heterocycles. The Morgan fingerprint density at radius 3 is 2.74 bits per heavy atom. The zero-order valence-electron chi connectivity index (χ0n) is 12.5. The molecule has 0 aliphatic rings. The second-order valence-electron chi connectivity index (χ2n) is 5.11. The summed E-state index contributed by atoms with van der Waals surface area (Å²) in [6.07, 6.45) is 1.77. The van der Waals surface area contributed by atoms with Crippen molar-refractivity contribution in [3.63, 3.8) is 0 Å². The highest BCUT2D eigenvalue weighted by molar-refractivity contribution is 9.10. The predicted molar refractivity (Wildman–Crippen MR) is 101 cm³/mol. The number of halogens is 2. The normalized spacial score (nSPS) is 12.3. The Balaban J connectivity index is 1.89. The smallest absolute Gasteiger partial charge is 0.104 e. The van der Waals surface area contributed by atoms with Crippen molar-refractivity contribution in [2.75, 3.05) is 11.9 Å². The van der Waals surface area contributed by atoms with E-state index in [9.17, 15) is 0 Å². The number of rotatable bonds is 5. The van der Waals surface area contributed by atoms with Crippen LogP contribution in [0.2, 0.25) is 4.34 Å². The summed E-state index contributed by atoms with van der Waals surface area (Å²) in [7, 11) is 1.90. The maximum atomic E-state index is 6.44. The summed E-state index contributed by atoms with van der Waals surface area (Å²) in [4.78, 5) is 0. The molecule has 0 amide bonds. The highest BCUT2D eigenvalue weighted by Gasteiger charge is 2.18. The van der Waals surface area contributed by atoms with Crippen LogP contribution in [0.3, 0.4) is 0 Å². The van der Waals surface area contributed by atoms with Gasteiger partial charge in [-0.15, -0.1) is 11.3 Å². The van der Waals surface area contributed by atoms with Crippen LogP contribution in [0.4, 0.5) is 5.00 Å². The van der Waals surface area contributed by atoms with E-state index in [1.54, 1.807) is 10.9 Å². The van der Waals surface area contributed by atoms with Gasteiger partial charge in [-0.05, 0) is 27.6 Å². The number of anilines is 1. The van der Waals surface area contributed by atoms with Gasteiger partial charge >= 0.3 is 0 Å². The van der Waals surface area contributed by atoms with Crippen molar-refractivity contribution in [1.82, 2.24) is 9.78 Å². The SMILES string of the molecule is Cn1ncc(Br)c1-c1cc(N[C@H](CN)c2ccccc2)sc1Cl. The highest BCUT2D eigenvalue weighted by Crippen LogP contribution is 2.41. The maximum Gasteiger partial charge on any atom is 0.104 e. The van der Waals surface area contributed by atoms with Gasteiger partial charge in [0.2, 0.25) is 0 Å². The molecule has 0 saturated heterocycles. The van der Waals surface area contributed by atoms with Crippen molar-refractivity contribution in [2.24, 2.45) is 12.8 Å². The summed E-state index contributed by atoms with van der Waals surface area (Å²) in [6.45, 7) is 0.504. The topological polar surface area (TPSA) is 55.9 Å². The number of hydrogen-bond donors (Lipinski definition) is 2. The van der Waals surface area contributed by atoms with Gasteiger partial charge in [0.25, 0.3) is 0 Å². The Morgan fingerprint density at radius 1 is 1.39 bits per heavy atom. The summed E-state index contributed by atoms with van der Waals surface area (Å²) >= 11 is 11.5. The minimum absolute atomic E-state index is 0.0498. The molecule has 1 atom stereocenters. The van der Waals surface area contributed by atoms with Crippen LogP contribution in [-0.2, 0) is 7.05 Å². The molecule has 3 aromatic rings. The summed E-state index contributed by atoms with van der Waals surface area (Å²) in [5.74, 6) is 0. The molecule has 2 aromatic heterocycles. The Bertz CT molecular complexity index is 780. The Hall–Kier alpha value is -1.34. The zero-order valence-corrected chi connectivity index (χ0v) is 15.6. The number of nitrogens with zero attached hydrogens (tertiary/aromatic N) is 2. The van der Waals surface area contributed by atoms with Gasteiger partial charge in [0, 0.05) is 19.2 Å². The molecule has 0 unspecified atom stereocenters. The summed E-state index contributed by atoms with van der Waals surface area (Å²) in [5, 5.41) is 8.70. The van der Waals surface area contributed by atoms with Crippen molar-refractivity contribution in [3.05, 3.63) is 57.0 Å². The maximum absolute atomic E-state index is 6.44. The van der Waals surface area contributed by atoms with Gasteiger partial charge in [0.15, 0.2) is 0 Å². The first-order chi connectivity index (χ1) is 11.1. The number of nitrogens with two attached hydrogens (primary N) is 1. The molecule has 2 heterocycles. The van der Waals surface area contributed by atoms with Crippen LogP contribution in [-0.4, -0.2) is 16.3 Å². The lowest BCUT2D eigenvalue weighted by Gasteiger charge is -2.17. The van der Waals surface area contributed by atoms with Gasteiger partial charge in [0.1, 0.15) is 4.34 Å². The summed E-state index contributed by atoms with van der Waals surface area (Å²) < 4.78 is 3.45. The highest BCUT2D eigenvalue weighted by atomic mass is 79.9. The molecule has 0 spiro atoms. The number of hydrogen-bond acceptors (Lipinski definition) is 4. The van der Waals surface area contributed by atoms with Crippen molar-refractivity contribution >= 4 is 43.9 Å². The average molecular weight is 412 g/mol. The standard InChI is InChI=1S/C16H16BrClN4S/c1-22-15(12(17)9-20-22)11-7-14(23-16(11)18)21-13(8-19)10-5-3-2-4-6-10/h2-7,9,13,21H,8,19H2,1H3/t13-/m1/s1. The number of aryl methyl sites for hydroxylation is 1. The first-order valence-electron chi connectivity index (χ1n) is 7.09. The minimum Gasteiger partial charge on any atom is -0.369 e. The van der Waals surface area contributed by atoms with Crippen LogP contribution in [0.1, 0.15) is 11.6 Å². The van der Waals surface area contributed by atoms with Crippen LogP contribution in [0.25, 0.3) is 11.3 Å². The molecule has 23 heavy (non-hydrogen) atoms. The minimum atomic E-state index is 0.0498. The van der Waals surface area contributed by atoms with E-state index < -0.39 is 0 Å². The largest absolute Gasteiger partial charge is 0.369 e. The second-order valence-corrected chi connectivity index (χ2v) is 7.61. The van der Waals surface area contributed by atoms with E-state index >= 15 is 0 Å². The van der Waals surface area contributed by atoms with Gasteiger partial charge in [-0.3, -0.25) is 4.68 Å². The average Bonchev–Trinajstić information content (AvgIpc) is 3.07. The molecule has 0 radical (unpaired) electrons. The monoisotopic (exact) mass is 410 g/mol. The van der Waals surface area contributed by atoms with E-state index in [-0.39, 0.29) is 6.04 Å². The fourth-order valence-electron chi connectivity index (χ4n) is 2.45. The van der Waals surface area contributed by atoms with Gasteiger partial charge in [0.05, 0.1) is 27.4 Å². The third-order valence-electron chi connectivity index (χ3n) is 3.59. The molecule has 0 saturated carbocycles. The lowest BCUT2D eigenvalue weighted by atomic mass is 10.1.